The van der Waals surface area contributed by atoms with Crippen molar-refractivity contribution in [1.29, 1.82) is 0 Å². The van der Waals surface area contributed by atoms with Crippen molar-refractivity contribution in [2.24, 2.45) is 17.9 Å². The van der Waals surface area contributed by atoms with E-state index in [9.17, 15) is 29.4 Å². The molecule has 200 valence electrons. The van der Waals surface area contributed by atoms with E-state index in [1.807, 2.05) is 0 Å². The Hall–Kier alpha value is -2.17. The highest BCUT2D eigenvalue weighted by Gasteiger charge is 2.84. The Morgan fingerprint density at radius 2 is 1.86 bits per heavy atom. The minimum absolute atomic E-state index is 0. The van der Waals surface area contributed by atoms with Crippen LogP contribution in [-0.2, 0) is 21.4 Å². The van der Waals surface area contributed by atoms with Crippen LogP contribution >= 0.6 is 0 Å². The van der Waals surface area contributed by atoms with Crippen molar-refractivity contribution in [3.8, 4) is 0 Å². The molecule has 1 aromatic heterocycles. The molecule has 0 spiro atoms. The van der Waals surface area contributed by atoms with Gasteiger partial charge in [0.1, 0.15) is 18.6 Å². The number of urea groups is 1. The van der Waals surface area contributed by atoms with Gasteiger partial charge in [0, 0.05) is 18.0 Å². The van der Waals surface area contributed by atoms with Gasteiger partial charge in [-0.15, -0.1) is 0 Å². The number of rotatable bonds is 5. The predicted octanol–water partition coefficient (Wildman–Crippen LogP) is -2.75. The van der Waals surface area contributed by atoms with Crippen LogP contribution in [0.5, 0.6) is 0 Å². The molecule has 3 N–H and O–H groups in total. The molecule has 0 radical (unpaired) electrons. The second-order valence-corrected chi connectivity index (χ2v) is 10.0. The minimum atomic E-state index is -5.15. The van der Waals surface area contributed by atoms with Gasteiger partial charge in [0.25, 0.3) is 0 Å². The first-order valence-electron chi connectivity index (χ1n) is 10.6. The summed E-state index contributed by atoms with van der Waals surface area (Å²) in [5, 5.41) is 22.3. The van der Waals surface area contributed by atoms with Crippen LogP contribution in [0.3, 0.4) is 0 Å². The third-order valence-corrected chi connectivity index (χ3v) is 6.31. The summed E-state index contributed by atoms with van der Waals surface area (Å²) in [7, 11) is 1.47. The van der Waals surface area contributed by atoms with E-state index < -0.39 is 76.7 Å². The number of aromatic nitrogens is 1. The molecule has 2 fully saturated rings. The van der Waals surface area contributed by atoms with Crippen molar-refractivity contribution in [1.82, 2.24) is 10.2 Å². The molecule has 10 nitrogen and oxygen atoms in total. The molecule has 3 amide bonds. The van der Waals surface area contributed by atoms with Crippen LogP contribution in [0.4, 0.5) is 18.0 Å². The Morgan fingerprint density at radius 1 is 1.28 bits per heavy atom. The molecule has 0 aliphatic carbocycles. The van der Waals surface area contributed by atoms with Gasteiger partial charge in [-0.1, -0.05) is 20.8 Å². The molecule has 36 heavy (non-hydrogen) atoms. The third-order valence-electron chi connectivity index (χ3n) is 6.31. The Kier molecular flexibility index (Phi) is 7.76. The summed E-state index contributed by atoms with van der Waals surface area (Å²) in [6.45, 7) is 2.78. The van der Waals surface area contributed by atoms with E-state index in [4.69, 9.17) is 4.74 Å². The van der Waals surface area contributed by atoms with Crippen molar-refractivity contribution in [3.63, 3.8) is 0 Å². The smallest absolute Gasteiger partial charge is 0.363 e. The van der Waals surface area contributed by atoms with Crippen LogP contribution in [0, 0.1) is 10.8 Å². The summed E-state index contributed by atoms with van der Waals surface area (Å²) in [6.07, 6.45) is 0.0550. The first-order chi connectivity index (χ1) is 15.9. The van der Waals surface area contributed by atoms with E-state index >= 15 is 13.2 Å². The lowest BCUT2D eigenvalue weighted by Crippen LogP contribution is -3.00. The lowest BCUT2D eigenvalue weighted by Gasteiger charge is -2.45. The number of alkyl halides is 3. The predicted molar refractivity (Wildman–Crippen MR) is 110 cm³/mol. The number of ketones is 2. The Bertz CT molecular complexity index is 1110. The summed E-state index contributed by atoms with van der Waals surface area (Å²) < 4.78 is 53.8. The fraction of sp³-hybridized carbons (Fsp3) is 0.591. The number of aliphatic hydroxyl groups excluding tert-OH is 1. The van der Waals surface area contributed by atoms with E-state index in [0.717, 1.165) is 19.2 Å². The zero-order valence-corrected chi connectivity index (χ0v) is 22.3. The van der Waals surface area contributed by atoms with Gasteiger partial charge >= 0.3 is 17.9 Å². The molecule has 4 atom stereocenters. The number of halogens is 4. The molecule has 0 aromatic carbocycles. The first kappa shape index (κ1) is 30.1. The van der Waals surface area contributed by atoms with Crippen molar-refractivity contribution >= 4 is 23.5 Å². The Labute approximate surface area is 221 Å². The van der Waals surface area contributed by atoms with Crippen LogP contribution in [0.25, 0.3) is 0 Å². The molecule has 0 saturated carbocycles. The maximum atomic E-state index is 16.2. The van der Waals surface area contributed by atoms with Crippen LogP contribution in [0.15, 0.2) is 24.5 Å². The lowest BCUT2D eigenvalue weighted by atomic mass is 9.71. The second-order valence-electron chi connectivity index (χ2n) is 10.0. The van der Waals surface area contributed by atoms with E-state index in [0.29, 0.717) is 0 Å². The van der Waals surface area contributed by atoms with Crippen LogP contribution in [-0.4, -0.2) is 75.4 Å². The highest BCUT2D eigenvalue weighted by atomic mass is 127. The molecule has 2 saturated heterocycles. The summed E-state index contributed by atoms with van der Waals surface area (Å²) in [4.78, 5) is 50.8. The number of hydrogen-bond donors (Lipinski definition) is 3. The number of nitrogens with one attached hydrogen (secondary N) is 1. The third kappa shape index (κ3) is 4.11. The number of carbonyl (C=O) groups excluding carboxylic acids is 4. The number of hydrogen-bond acceptors (Lipinski definition) is 7. The standard InChI is InChI=1S/C22H26F3N3O7.HI/c1-18(2,3)15(31)19(4)11-28(17(33)26-16(19)32)22(25)21(23,24)20(34,13(10-29)35-22)14(30)12-7-6-8-27(5)9-12;/h6-9,13,29,34H,10-11H2,1-5H3;1H/t13-,19?,20+,22+;/m1./s1. The molecule has 2 aliphatic rings. The lowest BCUT2D eigenvalue weighted by molar-refractivity contribution is -0.671. The van der Waals surface area contributed by atoms with Gasteiger partial charge in [-0.05, 0) is 13.0 Å². The number of aliphatic hydroxyl groups is 2. The van der Waals surface area contributed by atoms with E-state index in [1.165, 1.54) is 44.6 Å². The average molecular weight is 629 g/mol. The molecule has 1 aromatic rings. The topological polar surface area (TPSA) is 137 Å². The van der Waals surface area contributed by atoms with E-state index in [2.05, 4.69) is 0 Å². The summed E-state index contributed by atoms with van der Waals surface area (Å²) >= 11 is 0. The number of amides is 3. The molecular formula is C22H27F3IN3O7. The van der Waals surface area contributed by atoms with E-state index in [-0.39, 0.29) is 28.9 Å². The van der Waals surface area contributed by atoms with Crippen LogP contribution < -0.4 is 33.9 Å². The highest BCUT2D eigenvalue weighted by molar-refractivity contribution is 6.14. The van der Waals surface area contributed by atoms with Crippen LogP contribution in [0.1, 0.15) is 38.1 Å². The molecule has 2 aliphatic heterocycles. The van der Waals surface area contributed by atoms with Gasteiger partial charge in [-0.2, -0.15) is 13.2 Å². The quantitative estimate of drug-likeness (QED) is 0.106. The normalized spacial score (nSPS) is 32.1. The number of aryl methyl sites for hydroxylation is 1. The van der Waals surface area contributed by atoms with Crippen molar-refractivity contribution in [3.05, 3.63) is 30.1 Å². The highest BCUT2D eigenvalue weighted by Crippen LogP contribution is 2.55. The molecule has 1 unspecified atom stereocenters. The number of imide groups is 1. The largest absolute Gasteiger partial charge is 1.00 e. The van der Waals surface area contributed by atoms with Gasteiger partial charge < -0.3 is 38.9 Å². The number of pyridine rings is 1. The maximum absolute atomic E-state index is 16.2. The minimum Gasteiger partial charge on any atom is -1.00 e. The SMILES string of the molecule is C[n+]1cccc(C(=O)[C@@]2(O)[C@@H](CO)O[C@@](F)(N3CC(C)(C(=O)C(C)(C)C)C(=O)NC3=O)C2(F)F)c1.[I-]. The Balaban J connectivity index is 0.00000456. The van der Waals surface area contributed by atoms with Gasteiger partial charge in [0.2, 0.25) is 17.3 Å². The summed E-state index contributed by atoms with van der Waals surface area (Å²) in [5.74, 6) is -13.2. The zero-order chi connectivity index (χ0) is 26.8. The van der Waals surface area contributed by atoms with Crippen molar-refractivity contribution in [2.75, 3.05) is 13.2 Å². The number of Topliss-reactive ketones (excluding diaryl/α,β-unsaturated/α-hetero) is 2. The monoisotopic (exact) mass is 629 g/mol. The van der Waals surface area contributed by atoms with Crippen LogP contribution in [0.2, 0.25) is 0 Å². The fourth-order valence-electron chi connectivity index (χ4n) is 4.42. The summed E-state index contributed by atoms with van der Waals surface area (Å²) in [5.41, 5.74) is -7.75. The number of ether oxygens (including phenoxy) is 1. The van der Waals surface area contributed by atoms with Gasteiger partial charge in [-0.3, -0.25) is 24.6 Å². The van der Waals surface area contributed by atoms with Crippen molar-refractivity contribution < 1.29 is 75.8 Å². The average Bonchev–Trinajstić information content (AvgIpc) is 2.92. The fourth-order valence-corrected chi connectivity index (χ4v) is 4.42. The molecule has 3 heterocycles. The molecule has 14 heteroatoms. The molecular weight excluding hydrogens is 602 g/mol. The van der Waals surface area contributed by atoms with E-state index in [1.54, 1.807) is 5.32 Å². The van der Waals surface area contributed by atoms with Crippen molar-refractivity contribution in [2.45, 2.75) is 51.3 Å². The van der Waals surface area contributed by atoms with Gasteiger partial charge in [0.15, 0.2) is 18.2 Å². The molecule has 3 rings (SSSR count). The first-order valence-corrected chi connectivity index (χ1v) is 10.6. The maximum Gasteiger partial charge on any atom is 0.363 e. The number of nitrogens with zero attached hydrogens (tertiary/aromatic N) is 2. The number of carbonyl (C=O) groups is 4. The molecule has 0 bridgehead atoms. The van der Waals surface area contributed by atoms with Gasteiger partial charge in [-0.25, -0.2) is 9.36 Å². The zero-order valence-electron chi connectivity index (χ0n) is 20.1. The Morgan fingerprint density at radius 3 is 2.36 bits per heavy atom. The second kappa shape index (κ2) is 9.29. The summed E-state index contributed by atoms with van der Waals surface area (Å²) in [6, 6.07) is 0.735. The van der Waals surface area contributed by atoms with Gasteiger partial charge in [0.05, 0.1) is 12.2 Å².